The van der Waals surface area contributed by atoms with Crippen molar-refractivity contribution in [2.24, 2.45) is 5.16 Å². The van der Waals surface area contributed by atoms with Crippen molar-refractivity contribution in [1.29, 1.82) is 0 Å². The Morgan fingerprint density at radius 2 is 2.53 bits per heavy atom. The molecule has 0 radical (unpaired) electrons. The minimum absolute atomic E-state index is 0.208. The van der Waals surface area contributed by atoms with Crippen LogP contribution in [0.25, 0.3) is 0 Å². The van der Waals surface area contributed by atoms with Crippen LogP contribution >= 0.6 is 27.3 Å². The number of carboxylic acid groups (broad SMARTS) is 1. The summed E-state index contributed by atoms with van der Waals surface area (Å²) >= 11 is 4.27. The minimum Gasteiger partial charge on any atom is -0.476 e. The van der Waals surface area contributed by atoms with Gasteiger partial charge in [-0.3, -0.25) is 0 Å². The number of anilines is 1. The molecule has 0 spiro atoms. The maximum absolute atomic E-state index is 10.8. The van der Waals surface area contributed by atoms with Gasteiger partial charge in [-0.1, -0.05) is 21.1 Å². The summed E-state index contributed by atoms with van der Waals surface area (Å²) in [7, 11) is 0. The second kappa shape index (κ2) is 5.66. The quantitative estimate of drug-likeness (QED) is 0.364. The maximum atomic E-state index is 10.8. The molecule has 0 atom stereocenters. The van der Waals surface area contributed by atoms with Gasteiger partial charge in [0.2, 0.25) is 5.71 Å². The van der Waals surface area contributed by atoms with Crippen LogP contribution in [0.4, 0.5) is 5.13 Å². The molecule has 8 heteroatoms. The topological polar surface area (TPSA) is 97.8 Å². The Kier molecular flexibility index (Phi) is 4.50. The number of hydrogen-bond acceptors (Lipinski definition) is 6. The van der Waals surface area contributed by atoms with Crippen LogP contribution < -0.4 is 5.73 Å². The Balaban J connectivity index is 2.83. The summed E-state index contributed by atoms with van der Waals surface area (Å²) in [5.41, 5.74) is 5.34. The first-order chi connectivity index (χ1) is 7.15. The molecule has 0 aliphatic rings. The molecule has 1 heterocycles. The highest BCUT2D eigenvalue weighted by atomic mass is 79.9. The predicted octanol–water partition coefficient (Wildman–Crippen LogP) is 0.926. The Morgan fingerprint density at radius 1 is 1.80 bits per heavy atom. The van der Waals surface area contributed by atoms with Crippen molar-refractivity contribution in [3.05, 3.63) is 11.1 Å². The number of halogens is 1. The molecule has 0 saturated carbocycles. The van der Waals surface area contributed by atoms with E-state index in [9.17, 15) is 4.79 Å². The first-order valence-corrected chi connectivity index (χ1v) is 5.86. The van der Waals surface area contributed by atoms with Crippen LogP contribution in [0.15, 0.2) is 10.5 Å². The van der Waals surface area contributed by atoms with Gasteiger partial charge in [-0.2, -0.15) is 0 Å². The Morgan fingerprint density at radius 3 is 3.00 bits per heavy atom. The molecule has 0 unspecified atom stereocenters. The van der Waals surface area contributed by atoms with Gasteiger partial charge in [0.15, 0.2) is 5.13 Å². The Labute approximate surface area is 97.9 Å². The third kappa shape index (κ3) is 3.48. The predicted molar refractivity (Wildman–Crippen MR) is 60.4 cm³/mol. The molecular weight excluding hydrogens is 286 g/mol. The highest BCUT2D eigenvalue weighted by Gasteiger charge is 2.16. The molecule has 1 rings (SSSR count). The van der Waals surface area contributed by atoms with Crippen molar-refractivity contribution in [2.45, 2.75) is 0 Å². The maximum Gasteiger partial charge on any atom is 0.360 e. The van der Waals surface area contributed by atoms with Crippen molar-refractivity contribution >= 4 is 44.1 Å². The van der Waals surface area contributed by atoms with Crippen LogP contribution in [-0.2, 0) is 9.63 Å². The normalized spacial score (nSPS) is 11.4. The molecule has 82 valence electrons. The summed E-state index contributed by atoms with van der Waals surface area (Å²) < 4.78 is 0. The smallest absolute Gasteiger partial charge is 0.360 e. The van der Waals surface area contributed by atoms with Crippen molar-refractivity contribution in [1.82, 2.24) is 4.98 Å². The van der Waals surface area contributed by atoms with E-state index in [1.807, 2.05) is 0 Å². The third-order valence-corrected chi connectivity index (χ3v) is 2.29. The molecule has 0 aliphatic heterocycles. The van der Waals surface area contributed by atoms with E-state index >= 15 is 0 Å². The second-order valence-electron chi connectivity index (χ2n) is 2.34. The van der Waals surface area contributed by atoms with Gasteiger partial charge in [-0.15, -0.1) is 11.3 Å². The van der Waals surface area contributed by atoms with E-state index in [-0.39, 0.29) is 18.0 Å². The van der Waals surface area contributed by atoms with Gasteiger partial charge in [-0.05, 0) is 0 Å². The number of nitrogens with two attached hydrogens (primary N) is 1. The number of carboxylic acids is 1. The molecule has 0 fully saturated rings. The van der Waals surface area contributed by atoms with Crippen molar-refractivity contribution < 1.29 is 14.7 Å². The number of thiazole rings is 1. The number of rotatable bonds is 5. The average molecular weight is 294 g/mol. The van der Waals surface area contributed by atoms with E-state index < -0.39 is 5.97 Å². The van der Waals surface area contributed by atoms with E-state index in [0.29, 0.717) is 10.5 Å². The van der Waals surface area contributed by atoms with E-state index in [2.05, 4.69) is 26.1 Å². The van der Waals surface area contributed by atoms with Gasteiger partial charge in [0.25, 0.3) is 0 Å². The van der Waals surface area contributed by atoms with Crippen molar-refractivity contribution in [3.63, 3.8) is 0 Å². The van der Waals surface area contributed by atoms with E-state index in [4.69, 9.17) is 15.7 Å². The summed E-state index contributed by atoms with van der Waals surface area (Å²) in [6, 6.07) is 0. The summed E-state index contributed by atoms with van der Waals surface area (Å²) in [6.07, 6.45) is 0. The largest absolute Gasteiger partial charge is 0.476 e. The second-order valence-corrected chi connectivity index (χ2v) is 4.02. The Hall–Kier alpha value is -1.15. The Bertz CT molecular complexity index is 379. The number of hydrogen-bond donors (Lipinski definition) is 2. The standard InChI is InChI=1S/C7H8BrN3O3S/c8-1-2-14-11-5(6(12)13)4-3-15-7(9)10-4/h3H,1-2H2,(H2,9,10)(H,12,13). The molecular formula is C7H8BrN3O3S. The molecule has 3 N–H and O–H groups in total. The summed E-state index contributed by atoms with van der Waals surface area (Å²) in [5, 5.41) is 14.7. The van der Waals surface area contributed by atoms with Crippen LogP contribution in [-0.4, -0.2) is 33.7 Å². The van der Waals surface area contributed by atoms with Gasteiger partial charge in [0, 0.05) is 10.7 Å². The lowest BCUT2D eigenvalue weighted by Crippen LogP contribution is -2.15. The van der Waals surface area contributed by atoms with Crippen LogP contribution in [0.1, 0.15) is 5.69 Å². The van der Waals surface area contributed by atoms with Crippen molar-refractivity contribution in [3.8, 4) is 0 Å². The summed E-state index contributed by atoms with van der Waals surface area (Å²) in [5.74, 6) is -1.20. The fourth-order valence-corrected chi connectivity index (χ4v) is 1.43. The van der Waals surface area contributed by atoms with Gasteiger partial charge < -0.3 is 15.7 Å². The van der Waals surface area contributed by atoms with Crippen LogP contribution in [0.2, 0.25) is 0 Å². The van der Waals surface area contributed by atoms with Crippen LogP contribution in [0, 0.1) is 0 Å². The van der Waals surface area contributed by atoms with Crippen LogP contribution in [0.5, 0.6) is 0 Å². The number of nitrogens with zero attached hydrogens (tertiary/aromatic N) is 2. The molecule has 1 aromatic rings. The molecule has 0 aromatic carbocycles. The lowest BCUT2D eigenvalue weighted by atomic mass is 10.3. The number of nitrogen functional groups attached to an aromatic ring is 1. The summed E-state index contributed by atoms with van der Waals surface area (Å²) in [6.45, 7) is 0.288. The zero-order valence-electron chi connectivity index (χ0n) is 7.51. The molecule has 15 heavy (non-hydrogen) atoms. The molecule has 0 saturated heterocycles. The highest BCUT2D eigenvalue weighted by Crippen LogP contribution is 2.12. The third-order valence-electron chi connectivity index (χ3n) is 1.29. The molecule has 0 aliphatic carbocycles. The van der Waals surface area contributed by atoms with Gasteiger partial charge in [0.1, 0.15) is 12.3 Å². The lowest BCUT2D eigenvalue weighted by Gasteiger charge is -1.97. The van der Waals surface area contributed by atoms with Gasteiger partial charge >= 0.3 is 5.97 Å². The minimum atomic E-state index is -1.20. The van der Waals surface area contributed by atoms with E-state index in [0.717, 1.165) is 11.3 Å². The first-order valence-electron chi connectivity index (χ1n) is 3.85. The first kappa shape index (κ1) is 11.9. The zero-order valence-corrected chi connectivity index (χ0v) is 9.92. The number of carbonyl (C=O) groups is 1. The number of aliphatic carboxylic acids is 1. The van der Waals surface area contributed by atoms with Gasteiger partial charge in [-0.25, -0.2) is 9.78 Å². The zero-order chi connectivity index (χ0) is 11.3. The van der Waals surface area contributed by atoms with E-state index in [1.54, 1.807) is 0 Å². The van der Waals surface area contributed by atoms with Crippen LogP contribution in [0.3, 0.4) is 0 Å². The number of alkyl halides is 1. The summed E-state index contributed by atoms with van der Waals surface area (Å²) in [4.78, 5) is 19.4. The van der Waals surface area contributed by atoms with Crippen molar-refractivity contribution in [2.75, 3.05) is 17.7 Å². The molecule has 0 amide bonds. The lowest BCUT2D eigenvalue weighted by molar-refractivity contribution is -0.129. The SMILES string of the molecule is Nc1nc(C(=NOCCBr)C(=O)O)cs1. The fourth-order valence-electron chi connectivity index (χ4n) is 0.736. The van der Waals surface area contributed by atoms with Gasteiger partial charge in [0.05, 0.1) is 0 Å². The molecule has 6 nitrogen and oxygen atoms in total. The van der Waals surface area contributed by atoms with E-state index in [1.165, 1.54) is 5.38 Å². The number of oxime groups is 1. The average Bonchev–Trinajstić information content (AvgIpc) is 2.59. The highest BCUT2D eigenvalue weighted by molar-refractivity contribution is 9.09. The number of aromatic nitrogens is 1. The molecule has 1 aromatic heterocycles. The monoisotopic (exact) mass is 293 g/mol. The fraction of sp³-hybridized carbons (Fsp3) is 0.286. The molecule has 0 bridgehead atoms.